The van der Waals surface area contributed by atoms with Crippen LogP contribution in [0.4, 0.5) is 5.13 Å². The summed E-state index contributed by atoms with van der Waals surface area (Å²) in [6.45, 7) is 6.53. The number of hydrogen-bond acceptors (Lipinski definition) is 4. The van der Waals surface area contributed by atoms with Crippen LogP contribution < -0.4 is 5.32 Å². The van der Waals surface area contributed by atoms with Gasteiger partial charge in [0.25, 0.3) is 0 Å². The van der Waals surface area contributed by atoms with Crippen molar-refractivity contribution in [1.82, 2.24) is 4.98 Å². The number of aromatic nitrogens is 1. The van der Waals surface area contributed by atoms with Crippen molar-refractivity contribution in [1.29, 1.82) is 0 Å². The van der Waals surface area contributed by atoms with E-state index in [1.165, 1.54) is 9.75 Å². The number of thiazole rings is 1. The summed E-state index contributed by atoms with van der Waals surface area (Å²) in [7, 11) is 0. The van der Waals surface area contributed by atoms with E-state index in [2.05, 4.69) is 41.3 Å². The zero-order chi connectivity index (χ0) is 10.7. The summed E-state index contributed by atoms with van der Waals surface area (Å²) in [5.41, 5.74) is 1.06. The van der Waals surface area contributed by atoms with E-state index in [0.29, 0.717) is 0 Å². The van der Waals surface area contributed by atoms with Gasteiger partial charge in [-0.25, -0.2) is 4.98 Å². The van der Waals surface area contributed by atoms with E-state index >= 15 is 0 Å². The Labute approximate surface area is 97.3 Å². The maximum absolute atomic E-state index is 4.50. The summed E-state index contributed by atoms with van der Waals surface area (Å²) >= 11 is 3.40. The highest BCUT2D eigenvalue weighted by Crippen LogP contribution is 2.30. The van der Waals surface area contributed by atoms with Gasteiger partial charge in [0.2, 0.25) is 0 Å². The standard InChI is InChI=1S/C11H12N2S2/c1-3-6-12-11-13-9(7-14-11)10-5-4-8(2)15-10/h3-5,7H,1,6H2,2H3,(H,12,13). The number of nitrogens with zero attached hydrogens (tertiary/aromatic N) is 1. The van der Waals surface area contributed by atoms with Crippen LogP contribution in [-0.2, 0) is 0 Å². The lowest BCUT2D eigenvalue weighted by atomic mass is 10.4. The topological polar surface area (TPSA) is 24.9 Å². The SMILES string of the molecule is C=CCNc1nc(-c2ccc(C)s2)cs1. The third kappa shape index (κ3) is 2.46. The summed E-state index contributed by atoms with van der Waals surface area (Å²) < 4.78 is 0. The van der Waals surface area contributed by atoms with E-state index < -0.39 is 0 Å². The average molecular weight is 236 g/mol. The van der Waals surface area contributed by atoms with E-state index in [1.54, 1.807) is 22.7 Å². The van der Waals surface area contributed by atoms with Crippen LogP contribution in [0.2, 0.25) is 0 Å². The Morgan fingerprint density at radius 1 is 1.53 bits per heavy atom. The second-order valence-corrected chi connectivity index (χ2v) is 5.26. The Hall–Kier alpha value is -1.13. The Balaban J connectivity index is 2.16. The molecule has 2 heterocycles. The lowest BCUT2D eigenvalue weighted by Crippen LogP contribution is -1.96. The summed E-state index contributed by atoms with van der Waals surface area (Å²) in [4.78, 5) is 7.05. The molecule has 0 aliphatic carbocycles. The minimum atomic E-state index is 0.760. The second-order valence-electron chi connectivity index (χ2n) is 3.12. The number of thiophene rings is 1. The molecule has 0 amide bonds. The summed E-state index contributed by atoms with van der Waals surface area (Å²) in [5.74, 6) is 0. The van der Waals surface area contributed by atoms with Crippen molar-refractivity contribution < 1.29 is 0 Å². The van der Waals surface area contributed by atoms with Crippen molar-refractivity contribution in [3.63, 3.8) is 0 Å². The van der Waals surface area contributed by atoms with Crippen LogP contribution in [0.5, 0.6) is 0 Å². The highest BCUT2D eigenvalue weighted by atomic mass is 32.1. The summed E-state index contributed by atoms with van der Waals surface area (Å²) in [6, 6.07) is 4.24. The van der Waals surface area contributed by atoms with Crippen LogP contribution in [0.1, 0.15) is 4.88 Å². The zero-order valence-electron chi connectivity index (χ0n) is 8.49. The van der Waals surface area contributed by atoms with Gasteiger partial charge in [0.05, 0.1) is 10.6 Å². The molecule has 4 heteroatoms. The molecule has 0 atom stereocenters. The van der Waals surface area contributed by atoms with Gasteiger partial charge in [0.15, 0.2) is 5.13 Å². The molecule has 2 aromatic heterocycles. The molecule has 0 fully saturated rings. The largest absolute Gasteiger partial charge is 0.358 e. The first-order chi connectivity index (χ1) is 7.29. The molecule has 0 aliphatic rings. The molecule has 0 spiro atoms. The maximum atomic E-state index is 4.50. The molecular weight excluding hydrogens is 224 g/mol. The van der Waals surface area contributed by atoms with Crippen LogP contribution >= 0.6 is 22.7 Å². The highest BCUT2D eigenvalue weighted by molar-refractivity contribution is 7.16. The molecule has 1 N–H and O–H groups in total. The number of rotatable bonds is 4. The van der Waals surface area contributed by atoms with Gasteiger partial charge in [0, 0.05) is 16.8 Å². The van der Waals surface area contributed by atoms with Crippen molar-refractivity contribution >= 4 is 27.8 Å². The summed E-state index contributed by atoms with van der Waals surface area (Å²) in [6.07, 6.45) is 1.83. The van der Waals surface area contributed by atoms with Crippen molar-refractivity contribution in [3.8, 4) is 10.6 Å². The zero-order valence-corrected chi connectivity index (χ0v) is 10.1. The van der Waals surface area contributed by atoms with Crippen molar-refractivity contribution in [3.05, 3.63) is 35.0 Å². The first-order valence-corrected chi connectivity index (χ1v) is 6.36. The van der Waals surface area contributed by atoms with Crippen molar-refractivity contribution in [2.45, 2.75) is 6.92 Å². The maximum Gasteiger partial charge on any atom is 0.183 e. The molecule has 0 saturated heterocycles. The molecule has 0 aliphatic heterocycles. The third-order valence-corrected chi connectivity index (χ3v) is 3.72. The van der Waals surface area contributed by atoms with Gasteiger partial charge in [-0.2, -0.15) is 0 Å². The van der Waals surface area contributed by atoms with E-state index in [4.69, 9.17) is 0 Å². The molecule has 0 unspecified atom stereocenters. The molecular formula is C11H12N2S2. The fourth-order valence-electron chi connectivity index (χ4n) is 1.20. The van der Waals surface area contributed by atoms with Crippen LogP contribution in [0.25, 0.3) is 10.6 Å². The fraction of sp³-hybridized carbons (Fsp3) is 0.182. The van der Waals surface area contributed by atoms with Crippen LogP contribution in [0.3, 0.4) is 0 Å². The quantitative estimate of drug-likeness (QED) is 0.817. The average Bonchev–Trinajstić information content (AvgIpc) is 2.83. The molecule has 15 heavy (non-hydrogen) atoms. The van der Waals surface area contributed by atoms with Crippen molar-refractivity contribution in [2.75, 3.05) is 11.9 Å². The molecule has 78 valence electrons. The van der Waals surface area contributed by atoms with Gasteiger partial charge in [-0.15, -0.1) is 29.3 Å². The van der Waals surface area contributed by atoms with Crippen LogP contribution in [-0.4, -0.2) is 11.5 Å². The van der Waals surface area contributed by atoms with Gasteiger partial charge < -0.3 is 5.32 Å². The van der Waals surface area contributed by atoms with Gasteiger partial charge in [-0.1, -0.05) is 6.08 Å². The van der Waals surface area contributed by atoms with Gasteiger partial charge in [-0.05, 0) is 19.1 Å². The normalized spacial score (nSPS) is 10.2. The Bertz CT molecular complexity index is 457. The first kappa shape index (κ1) is 10.4. The summed E-state index contributed by atoms with van der Waals surface area (Å²) in [5, 5.41) is 6.22. The van der Waals surface area contributed by atoms with Crippen LogP contribution in [0.15, 0.2) is 30.2 Å². The molecule has 2 nitrogen and oxygen atoms in total. The Morgan fingerprint density at radius 2 is 2.40 bits per heavy atom. The smallest absolute Gasteiger partial charge is 0.183 e. The molecule has 2 rings (SSSR count). The lowest BCUT2D eigenvalue weighted by Gasteiger charge is -1.94. The predicted octanol–water partition coefficient (Wildman–Crippen LogP) is 3.78. The second kappa shape index (κ2) is 4.59. The monoisotopic (exact) mass is 236 g/mol. The predicted molar refractivity (Wildman–Crippen MR) is 68.9 cm³/mol. The number of hydrogen-bond donors (Lipinski definition) is 1. The Morgan fingerprint density at radius 3 is 3.07 bits per heavy atom. The van der Waals surface area contributed by atoms with Gasteiger partial charge in [0.1, 0.15) is 0 Å². The fourth-order valence-corrected chi connectivity index (χ4v) is 2.82. The van der Waals surface area contributed by atoms with Crippen molar-refractivity contribution in [2.24, 2.45) is 0 Å². The minimum Gasteiger partial charge on any atom is -0.358 e. The number of nitrogens with one attached hydrogen (secondary N) is 1. The van der Waals surface area contributed by atoms with E-state index in [0.717, 1.165) is 17.4 Å². The third-order valence-electron chi connectivity index (χ3n) is 1.89. The van der Waals surface area contributed by atoms with Gasteiger partial charge >= 0.3 is 0 Å². The molecule has 2 aromatic rings. The van der Waals surface area contributed by atoms with Crippen LogP contribution in [0, 0.1) is 6.92 Å². The first-order valence-electron chi connectivity index (χ1n) is 4.66. The molecule has 0 radical (unpaired) electrons. The highest BCUT2D eigenvalue weighted by Gasteiger charge is 2.05. The minimum absolute atomic E-state index is 0.760. The van der Waals surface area contributed by atoms with E-state index in [-0.39, 0.29) is 0 Å². The number of aryl methyl sites for hydroxylation is 1. The van der Waals surface area contributed by atoms with E-state index in [9.17, 15) is 0 Å². The Kier molecular flexibility index (Phi) is 3.18. The molecule has 0 bridgehead atoms. The lowest BCUT2D eigenvalue weighted by molar-refractivity contribution is 1.29. The number of anilines is 1. The molecule has 0 aromatic carbocycles. The molecule has 0 saturated carbocycles. The van der Waals surface area contributed by atoms with E-state index in [1.807, 2.05) is 6.08 Å². The van der Waals surface area contributed by atoms with Gasteiger partial charge in [-0.3, -0.25) is 0 Å².